The van der Waals surface area contributed by atoms with Crippen LogP contribution in [0.25, 0.3) is 11.3 Å². The Balaban J connectivity index is 1.83. The summed E-state index contributed by atoms with van der Waals surface area (Å²) in [6.07, 6.45) is 4.80. The molecule has 1 aromatic carbocycles. The van der Waals surface area contributed by atoms with Crippen LogP contribution in [-0.2, 0) is 11.3 Å². The second kappa shape index (κ2) is 6.93. The highest BCUT2D eigenvalue weighted by atomic mass is 16.5. The Morgan fingerprint density at radius 1 is 1.17 bits per heavy atom. The summed E-state index contributed by atoms with van der Waals surface area (Å²) in [7, 11) is 0. The standard InChI is InChI=1S/C14H19N3O/c15-7-4-9-18-10-8-17-11-14(16-12-17)13-5-2-1-3-6-13/h1-3,5-6,11-12H,4,7-10,15H2. The fourth-order valence-electron chi connectivity index (χ4n) is 1.70. The normalized spacial score (nSPS) is 10.7. The predicted molar refractivity (Wildman–Crippen MR) is 72.2 cm³/mol. The monoisotopic (exact) mass is 245 g/mol. The zero-order valence-corrected chi connectivity index (χ0v) is 10.5. The van der Waals surface area contributed by atoms with Gasteiger partial charge in [-0.05, 0) is 13.0 Å². The van der Waals surface area contributed by atoms with Gasteiger partial charge in [0.2, 0.25) is 0 Å². The molecule has 0 atom stereocenters. The van der Waals surface area contributed by atoms with Crippen molar-refractivity contribution in [2.75, 3.05) is 19.8 Å². The zero-order valence-electron chi connectivity index (χ0n) is 10.5. The van der Waals surface area contributed by atoms with Crippen molar-refractivity contribution in [3.8, 4) is 11.3 Å². The molecule has 4 nitrogen and oxygen atoms in total. The average molecular weight is 245 g/mol. The number of hydrogen-bond acceptors (Lipinski definition) is 3. The molecule has 2 rings (SSSR count). The molecule has 0 bridgehead atoms. The number of ether oxygens (including phenoxy) is 1. The highest BCUT2D eigenvalue weighted by Gasteiger charge is 2.00. The number of aromatic nitrogens is 2. The van der Waals surface area contributed by atoms with Crippen LogP contribution in [0.4, 0.5) is 0 Å². The van der Waals surface area contributed by atoms with E-state index in [1.165, 1.54) is 0 Å². The average Bonchev–Trinajstić information content (AvgIpc) is 2.88. The van der Waals surface area contributed by atoms with Crippen LogP contribution >= 0.6 is 0 Å². The van der Waals surface area contributed by atoms with Gasteiger partial charge < -0.3 is 15.0 Å². The number of nitrogens with zero attached hydrogens (tertiary/aromatic N) is 2. The molecule has 0 saturated heterocycles. The van der Waals surface area contributed by atoms with E-state index in [1.54, 1.807) is 0 Å². The zero-order chi connectivity index (χ0) is 12.6. The van der Waals surface area contributed by atoms with Crippen LogP contribution < -0.4 is 5.73 Å². The van der Waals surface area contributed by atoms with Crippen molar-refractivity contribution in [3.05, 3.63) is 42.9 Å². The van der Waals surface area contributed by atoms with Crippen molar-refractivity contribution in [1.82, 2.24) is 9.55 Å². The maximum Gasteiger partial charge on any atom is 0.0954 e. The van der Waals surface area contributed by atoms with Gasteiger partial charge in [0.15, 0.2) is 0 Å². The Kier molecular flexibility index (Phi) is 4.93. The van der Waals surface area contributed by atoms with Crippen LogP contribution in [0.3, 0.4) is 0 Å². The minimum absolute atomic E-state index is 0.684. The van der Waals surface area contributed by atoms with Gasteiger partial charge in [0.05, 0.1) is 18.6 Å². The summed E-state index contributed by atoms with van der Waals surface area (Å²) in [5.74, 6) is 0. The lowest BCUT2D eigenvalue weighted by Gasteiger charge is -2.03. The Hall–Kier alpha value is -1.65. The summed E-state index contributed by atoms with van der Waals surface area (Å²) in [6, 6.07) is 10.2. The molecule has 2 aromatic rings. The van der Waals surface area contributed by atoms with Gasteiger partial charge in [-0.2, -0.15) is 0 Å². The molecule has 0 aliphatic rings. The van der Waals surface area contributed by atoms with Gasteiger partial charge in [-0.25, -0.2) is 4.98 Å². The summed E-state index contributed by atoms with van der Waals surface area (Å²) < 4.78 is 7.51. The van der Waals surface area contributed by atoms with Crippen LogP contribution in [0, 0.1) is 0 Å². The molecular weight excluding hydrogens is 226 g/mol. The predicted octanol–water partition coefficient (Wildman–Crippen LogP) is 1.92. The lowest BCUT2D eigenvalue weighted by atomic mass is 10.2. The van der Waals surface area contributed by atoms with Crippen molar-refractivity contribution >= 4 is 0 Å². The SMILES string of the molecule is NCCCOCCn1cnc(-c2ccccc2)c1. The second-order valence-electron chi connectivity index (χ2n) is 4.12. The van der Waals surface area contributed by atoms with Crippen LogP contribution in [-0.4, -0.2) is 29.3 Å². The molecule has 18 heavy (non-hydrogen) atoms. The summed E-state index contributed by atoms with van der Waals surface area (Å²) >= 11 is 0. The third-order valence-electron chi connectivity index (χ3n) is 2.69. The van der Waals surface area contributed by atoms with E-state index in [9.17, 15) is 0 Å². The first-order valence-corrected chi connectivity index (χ1v) is 6.25. The molecule has 4 heteroatoms. The summed E-state index contributed by atoms with van der Waals surface area (Å²) in [6.45, 7) is 2.94. The maximum absolute atomic E-state index is 5.46. The third-order valence-corrected chi connectivity index (χ3v) is 2.69. The molecule has 0 spiro atoms. The van der Waals surface area contributed by atoms with Gasteiger partial charge in [0, 0.05) is 24.9 Å². The molecule has 0 fully saturated rings. The van der Waals surface area contributed by atoms with Gasteiger partial charge in [-0.1, -0.05) is 30.3 Å². The number of rotatable bonds is 7. The maximum atomic E-state index is 5.46. The largest absolute Gasteiger partial charge is 0.380 e. The number of imidazole rings is 1. The summed E-state index contributed by atoms with van der Waals surface area (Å²) in [5.41, 5.74) is 7.53. The summed E-state index contributed by atoms with van der Waals surface area (Å²) in [5, 5.41) is 0. The van der Waals surface area contributed by atoms with Crippen molar-refractivity contribution in [1.29, 1.82) is 0 Å². The molecule has 0 saturated carbocycles. The lowest BCUT2D eigenvalue weighted by molar-refractivity contribution is 0.125. The van der Waals surface area contributed by atoms with E-state index in [0.717, 1.165) is 30.8 Å². The van der Waals surface area contributed by atoms with E-state index in [4.69, 9.17) is 10.5 Å². The smallest absolute Gasteiger partial charge is 0.0954 e. The van der Waals surface area contributed by atoms with E-state index < -0.39 is 0 Å². The van der Waals surface area contributed by atoms with E-state index in [0.29, 0.717) is 13.2 Å². The molecule has 0 unspecified atom stereocenters. The quantitative estimate of drug-likeness (QED) is 0.758. The van der Waals surface area contributed by atoms with Crippen molar-refractivity contribution in [2.24, 2.45) is 5.73 Å². The Bertz CT molecular complexity index is 453. The van der Waals surface area contributed by atoms with E-state index in [-0.39, 0.29) is 0 Å². The van der Waals surface area contributed by atoms with Crippen molar-refractivity contribution in [2.45, 2.75) is 13.0 Å². The van der Waals surface area contributed by atoms with Gasteiger partial charge in [0.1, 0.15) is 0 Å². The molecule has 0 aliphatic heterocycles. The van der Waals surface area contributed by atoms with Gasteiger partial charge in [0.25, 0.3) is 0 Å². The molecule has 0 aliphatic carbocycles. The number of nitrogens with two attached hydrogens (primary N) is 1. The third kappa shape index (κ3) is 3.68. The highest BCUT2D eigenvalue weighted by Crippen LogP contribution is 2.15. The van der Waals surface area contributed by atoms with E-state index in [2.05, 4.69) is 17.1 Å². The number of benzene rings is 1. The molecule has 0 amide bonds. The first-order valence-electron chi connectivity index (χ1n) is 6.25. The van der Waals surface area contributed by atoms with Crippen LogP contribution in [0.2, 0.25) is 0 Å². The minimum atomic E-state index is 0.684. The van der Waals surface area contributed by atoms with Gasteiger partial charge >= 0.3 is 0 Å². The summed E-state index contributed by atoms with van der Waals surface area (Å²) in [4.78, 5) is 4.39. The second-order valence-corrected chi connectivity index (χ2v) is 4.12. The van der Waals surface area contributed by atoms with E-state index in [1.807, 2.05) is 35.3 Å². The Labute approximate surface area is 107 Å². The van der Waals surface area contributed by atoms with Crippen LogP contribution in [0.5, 0.6) is 0 Å². The van der Waals surface area contributed by atoms with Crippen molar-refractivity contribution in [3.63, 3.8) is 0 Å². The van der Waals surface area contributed by atoms with Crippen molar-refractivity contribution < 1.29 is 4.74 Å². The molecule has 0 radical (unpaired) electrons. The fourth-order valence-corrected chi connectivity index (χ4v) is 1.70. The van der Waals surface area contributed by atoms with Crippen LogP contribution in [0.1, 0.15) is 6.42 Å². The molecule has 96 valence electrons. The topological polar surface area (TPSA) is 53.1 Å². The Morgan fingerprint density at radius 2 is 2.00 bits per heavy atom. The lowest BCUT2D eigenvalue weighted by Crippen LogP contribution is -2.08. The Morgan fingerprint density at radius 3 is 2.78 bits per heavy atom. The first kappa shape index (κ1) is 12.8. The molecular formula is C14H19N3O. The van der Waals surface area contributed by atoms with Gasteiger partial charge in [-0.15, -0.1) is 0 Å². The first-order chi connectivity index (χ1) is 8.90. The van der Waals surface area contributed by atoms with E-state index >= 15 is 0 Å². The minimum Gasteiger partial charge on any atom is -0.380 e. The van der Waals surface area contributed by atoms with Crippen LogP contribution in [0.15, 0.2) is 42.9 Å². The van der Waals surface area contributed by atoms with Gasteiger partial charge in [-0.3, -0.25) is 0 Å². The molecule has 1 aromatic heterocycles. The molecule has 2 N–H and O–H groups in total. The fraction of sp³-hybridized carbons (Fsp3) is 0.357. The highest BCUT2D eigenvalue weighted by molar-refractivity contribution is 5.57. The molecule has 1 heterocycles. The number of hydrogen-bond donors (Lipinski definition) is 1.